The zero-order chi connectivity index (χ0) is 9.02. The Hall–Kier alpha value is -1.20. The van der Waals surface area contributed by atoms with Crippen molar-refractivity contribution in [2.75, 3.05) is 13.6 Å². The monoisotopic (exact) mass is 167 g/mol. The third-order valence-corrected chi connectivity index (χ3v) is 0.942. The fourth-order valence-electron chi connectivity index (χ4n) is 0.453. The fraction of sp³-hybridized carbons (Fsp3) is 0.600. The molecule has 0 atom stereocenters. The fourth-order valence-corrected chi connectivity index (χ4v) is 0.453. The first-order valence-electron chi connectivity index (χ1n) is 2.71. The third-order valence-electron chi connectivity index (χ3n) is 0.942. The summed E-state index contributed by atoms with van der Waals surface area (Å²) in [5.74, 6) is -3.06. The van der Waals surface area contributed by atoms with Crippen LogP contribution in [0.4, 0.5) is 8.78 Å². The molecule has 6 heteroatoms. The molecule has 0 aliphatic carbocycles. The smallest absolute Gasteiger partial charge is 0.394 e. The van der Waals surface area contributed by atoms with Crippen molar-refractivity contribution >= 4 is 11.9 Å². The lowest BCUT2D eigenvalue weighted by molar-refractivity contribution is -0.155. The first kappa shape index (κ1) is 9.80. The Bertz CT molecular complexity index is 171. The van der Waals surface area contributed by atoms with E-state index >= 15 is 0 Å². The lowest BCUT2D eigenvalue weighted by Gasteiger charge is -2.12. The Morgan fingerprint density at radius 2 is 2.00 bits per heavy atom. The van der Waals surface area contributed by atoms with Gasteiger partial charge in [0.15, 0.2) is 0 Å². The minimum atomic E-state index is -2.71. The zero-order valence-electron chi connectivity index (χ0n) is 5.75. The Labute approximate surface area is 61.4 Å². The average molecular weight is 167 g/mol. The second-order valence-electron chi connectivity index (χ2n) is 1.88. The van der Waals surface area contributed by atoms with E-state index in [1.54, 1.807) is 0 Å². The Morgan fingerprint density at radius 3 is 2.27 bits per heavy atom. The van der Waals surface area contributed by atoms with Crippen molar-refractivity contribution in [3.8, 4) is 0 Å². The highest BCUT2D eigenvalue weighted by molar-refractivity contribution is 6.31. The summed E-state index contributed by atoms with van der Waals surface area (Å²) >= 11 is 0. The van der Waals surface area contributed by atoms with Gasteiger partial charge in [0.2, 0.25) is 0 Å². The summed E-state index contributed by atoms with van der Waals surface area (Å²) in [6.45, 7) is -0.856. The largest absolute Gasteiger partial charge is 0.474 e. The first-order valence-corrected chi connectivity index (χ1v) is 2.71. The highest BCUT2D eigenvalue weighted by atomic mass is 19.3. The van der Waals surface area contributed by atoms with Gasteiger partial charge in [0, 0.05) is 7.05 Å². The maximum atomic E-state index is 11.5. The molecule has 0 saturated carbocycles. The van der Waals surface area contributed by atoms with Gasteiger partial charge in [-0.2, -0.15) is 0 Å². The molecule has 0 heterocycles. The lowest BCUT2D eigenvalue weighted by atomic mass is 10.5. The number of hydrogen-bond acceptors (Lipinski definition) is 2. The van der Waals surface area contributed by atoms with E-state index in [0.717, 1.165) is 7.05 Å². The summed E-state index contributed by atoms with van der Waals surface area (Å²) in [6.07, 6.45) is -2.71. The molecule has 0 bridgehead atoms. The van der Waals surface area contributed by atoms with Gasteiger partial charge in [-0.15, -0.1) is 0 Å². The number of amides is 1. The Kier molecular flexibility index (Phi) is 3.43. The van der Waals surface area contributed by atoms with Crippen LogP contribution in [0, 0.1) is 0 Å². The van der Waals surface area contributed by atoms with E-state index in [1.165, 1.54) is 0 Å². The molecular formula is C5H7F2NO3. The van der Waals surface area contributed by atoms with Gasteiger partial charge in [0.05, 0.1) is 6.54 Å². The van der Waals surface area contributed by atoms with Crippen LogP contribution in [0.5, 0.6) is 0 Å². The van der Waals surface area contributed by atoms with Crippen LogP contribution >= 0.6 is 0 Å². The van der Waals surface area contributed by atoms with Gasteiger partial charge in [-0.05, 0) is 0 Å². The van der Waals surface area contributed by atoms with Crippen LogP contribution in [-0.2, 0) is 9.59 Å². The SMILES string of the molecule is CN(CC(F)F)C(=O)C(=O)O. The molecule has 0 aromatic rings. The normalized spacial score (nSPS) is 9.82. The molecule has 0 radical (unpaired) electrons. The molecule has 0 spiro atoms. The topological polar surface area (TPSA) is 57.6 Å². The van der Waals surface area contributed by atoms with Gasteiger partial charge in [-0.25, -0.2) is 13.6 Å². The molecule has 1 N–H and O–H groups in total. The van der Waals surface area contributed by atoms with E-state index in [4.69, 9.17) is 5.11 Å². The van der Waals surface area contributed by atoms with Gasteiger partial charge < -0.3 is 10.0 Å². The number of carbonyl (C=O) groups is 2. The number of aliphatic carboxylic acids is 1. The average Bonchev–Trinajstić information content (AvgIpc) is 1.84. The highest BCUT2D eigenvalue weighted by Gasteiger charge is 2.19. The summed E-state index contributed by atoms with van der Waals surface area (Å²) < 4.78 is 23.0. The third kappa shape index (κ3) is 3.49. The van der Waals surface area contributed by atoms with E-state index in [2.05, 4.69) is 0 Å². The van der Waals surface area contributed by atoms with Gasteiger partial charge >= 0.3 is 11.9 Å². The standard InChI is InChI=1S/C5H7F2NO3/c1-8(2-3(6)7)4(9)5(10)11/h3H,2H2,1H3,(H,10,11). The minimum absolute atomic E-state index is 0.451. The van der Waals surface area contributed by atoms with Crippen LogP contribution in [0.15, 0.2) is 0 Å². The number of carboxylic acids is 1. The summed E-state index contributed by atoms with van der Waals surface area (Å²) in [5, 5.41) is 8.03. The van der Waals surface area contributed by atoms with Crippen LogP contribution < -0.4 is 0 Å². The van der Waals surface area contributed by atoms with Crippen LogP contribution in [0.3, 0.4) is 0 Å². The number of hydrogen-bond donors (Lipinski definition) is 1. The van der Waals surface area contributed by atoms with Crippen molar-refractivity contribution in [2.45, 2.75) is 6.43 Å². The summed E-state index contributed by atoms with van der Waals surface area (Å²) in [4.78, 5) is 20.7. The van der Waals surface area contributed by atoms with Gasteiger partial charge in [0.25, 0.3) is 6.43 Å². The second kappa shape index (κ2) is 3.85. The zero-order valence-corrected chi connectivity index (χ0v) is 5.75. The molecule has 0 aromatic carbocycles. The molecule has 4 nitrogen and oxygen atoms in total. The molecule has 11 heavy (non-hydrogen) atoms. The molecule has 0 aliphatic heterocycles. The number of nitrogens with zero attached hydrogens (tertiary/aromatic N) is 1. The van der Waals surface area contributed by atoms with Crippen molar-refractivity contribution in [3.63, 3.8) is 0 Å². The Morgan fingerprint density at radius 1 is 1.55 bits per heavy atom. The number of alkyl halides is 2. The van der Waals surface area contributed by atoms with Crippen molar-refractivity contribution in [2.24, 2.45) is 0 Å². The van der Waals surface area contributed by atoms with Crippen LogP contribution in [0.2, 0.25) is 0 Å². The number of carboxylic acid groups (broad SMARTS) is 1. The number of carbonyl (C=O) groups excluding carboxylic acids is 1. The van der Waals surface area contributed by atoms with E-state index in [0.29, 0.717) is 4.90 Å². The molecule has 0 rings (SSSR count). The first-order chi connectivity index (χ1) is 4.95. The summed E-state index contributed by atoms with van der Waals surface area (Å²) in [5.41, 5.74) is 0. The van der Waals surface area contributed by atoms with Crippen LogP contribution in [-0.4, -0.2) is 41.9 Å². The van der Waals surface area contributed by atoms with Crippen LogP contribution in [0.1, 0.15) is 0 Å². The second-order valence-corrected chi connectivity index (χ2v) is 1.88. The van der Waals surface area contributed by atoms with Crippen molar-refractivity contribution in [1.29, 1.82) is 0 Å². The van der Waals surface area contributed by atoms with Crippen molar-refractivity contribution in [3.05, 3.63) is 0 Å². The van der Waals surface area contributed by atoms with Crippen molar-refractivity contribution in [1.82, 2.24) is 4.90 Å². The number of rotatable bonds is 2. The van der Waals surface area contributed by atoms with E-state index < -0.39 is 24.8 Å². The Balaban J connectivity index is 3.93. The van der Waals surface area contributed by atoms with E-state index in [9.17, 15) is 18.4 Å². The number of halogens is 2. The molecule has 0 unspecified atom stereocenters. The molecular weight excluding hydrogens is 160 g/mol. The maximum absolute atomic E-state index is 11.5. The van der Waals surface area contributed by atoms with E-state index in [-0.39, 0.29) is 0 Å². The van der Waals surface area contributed by atoms with Crippen LogP contribution in [0.25, 0.3) is 0 Å². The predicted molar refractivity (Wildman–Crippen MR) is 31.3 cm³/mol. The minimum Gasteiger partial charge on any atom is -0.474 e. The van der Waals surface area contributed by atoms with E-state index in [1.807, 2.05) is 0 Å². The van der Waals surface area contributed by atoms with Crippen molar-refractivity contribution < 1.29 is 23.5 Å². The van der Waals surface area contributed by atoms with Gasteiger partial charge in [-0.3, -0.25) is 4.79 Å². The summed E-state index contributed by atoms with van der Waals surface area (Å²) in [6, 6.07) is 0. The lowest BCUT2D eigenvalue weighted by Crippen LogP contribution is -2.36. The van der Waals surface area contributed by atoms with Gasteiger partial charge in [-0.1, -0.05) is 0 Å². The molecule has 0 saturated heterocycles. The molecule has 64 valence electrons. The van der Waals surface area contributed by atoms with Gasteiger partial charge in [0.1, 0.15) is 0 Å². The maximum Gasteiger partial charge on any atom is 0.394 e. The molecule has 0 fully saturated rings. The summed E-state index contributed by atoms with van der Waals surface area (Å²) in [7, 11) is 1.00. The molecule has 1 amide bonds. The molecule has 0 aliphatic rings. The molecule has 0 aromatic heterocycles. The highest BCUT2D eigenvalue weighted by Crippen LogP contribution is 1.95. The number of likely N-dealkylation sites (N-methyl/N-ethyl adjacent to an activating group) is 1. The quantitative estimate of drug-likeness (QED) is 0.579. The predicted octanol–water partition coefficient (Wildman–Crippen LogP) is -0.206.